The molecule has 2 amide bonds. The molecule has 0 aromatic heterocycles. The zero-order valence-corrected chi connectivity index (χ0v) is 13.9. The van der Waals surface area contributed by atoms with Crippen molar-refractivity contribution in [3.8, 4) is 0 Å². The molecule has 21 heavy (non-hydrogen) atoms. The lowest BCUT2D eigenvalue weighted by Gasteiger charge is -2.34. The molecule has 2 aliphatic heterocycles. The molecule has 5 nitrogen and oxygen atoms in total. The molecule has 2 rings (SSSR count). The van der Waals surface area contributed by atoms with Crippen LogP contribution in [0.2, 0.25) is 0 Å². The van der Waals surface area contributed by atoms with Gasteiger partial charge in [-0.25, -0.2) is 0 Å². The number of nitrogens with one attached hydrogen (secondary N) is 2. The second kappa shape index (κ2) is 7.49. The van der Waals surface area contributed by atoms with E-state index in [2.05, 4.69) is 17.6 Å². The first-order valence-electron chi connectivity index (χ1n) is 7.91. The molecule has 2 aliphatic rings. The fourth-order valence-corrected chi connectivity index (χ4v) is 4.07. The van der Waals surface area contributed by atoms with Gasteiger partial charge in [0.05, 0.1) is 5.88 Å². The summed E-state index contributed by atoms with van der Waals surface area (Å²) in [6, 6.07) is -0.278. The highest BCUT2D eigenvalue weighted by molar-refractivity contribution is 7.99. The summed E-state index contributed by atoms with van der Waals surface area (Å²) in [5.41, 5.74) is 0.185. The number of hydrogen-bond donors (Lipinski definition) is 2. The fourth-order valence-electron chi connectivity index (χ4n) is 2.89. The molecule has 2 heterocycles. The van der Waals surface area contributed by atoms with Gasteiger partial charge in [0.15, 0.2) is 0 Å². The van der Waals surface area contributed by atoms with Crippen molar-refractivity contribution in [2.45, 2.75) is 45.6 Å². The quantitative estimate of drug-likeness (QED) is 0.800. The Morgan fingerprint density at radius 2 is 2.10 bits per heavy atom. The number of nitrogens with zero attached hydrogens (tertiary/aromatic N) is 1. The van der Waals surface area contributed by atoms with Crippen molar-refractivity contribution in [3.63, 3.8) is 0 Å². The number of hydrogen-bond acceptors (Lipinski definition) is 4. The largest absolute Gasteiger partial charge is 0.354 e. The summed E-state index contributed by atoms with van der Waals surface area (Å²) in [5.74, 6) is 1.50. The Hall–Kier alpha value is -0.750. The van der Waals surface area contributed by atoms with E-state index >= 15 is 0 Å². The van der Waals surface area contributed by atoms with E-state index in [1.807, 2.05) is 6.92 Å². The maximum absolute atomic E-state index is 12.4. The van der Waals surface area contributed by atoms with Crippen LogP contribution in [0.15, 0.2) is 0 Å². The summed E-state index contributed by atoms with van der Waals surface area (Å²) in [6.45, 7) is 6.98. The third-order valence-corrected chi connectivity index (χ3v) is 5.48. The minimum atomic E-state index is -0.278. The number of rotatable bonds is 5. The first-order chi connectivity index (χ1) is 10.1. The van der Waals surface area contributed by atoms with Crippen molar-refractivity contribution in [1.29, 1.82) is 0 Å². The summed E-state index contributed by atoms with van der Waals surface area (Å²) in [4.78, 5) is 26.2. The van der Waals surface area contributed by atoms with Crippen LogP contribution < -0.4 is 10.6 Å². The Labute approximate surface area is 131 Å². The van der Waals surface area contributed by atoms with Gasteiger partial charge < -0.3 is 15.5 Å². The predicted octanol–water partition coefficient (Wildman–Crippen LogP) is 1.19. The van der Waals surface area contributed by atoms with Crippen LogP contribution >= 0.6 is 11.8 Å². The molecule has 2 saturated heterocycles. The number of amides is 2. The standard InChI is InChI=1S/C15H27N3O2S/c1-3-4-13(19)18-11-21-9-12(18)14(20)17-10-15(2)5-7-16-8-6-15/h12,16H,3-11H2,1-2H3,(H,17,20). The van der Waals surface area contributed by atoms with E-state index in [4.69, 9.17) is 0 Å². The van der Waals surface area contributed by atoms with E-state index in [9.17, 15) is 9.59 Å². The summed E-state index contributed by atoms with van der Waals surface area (Å²) in [7, 11) is 0. The molecular weight excluding hydrogens is 286 g/mol. The van der Waals surface area contributed by atoms with Gasteiger partial charge in [-0.05, 0) is 37.8 Å². The Morgan fingerprint density at radius 3 is 2.76 bits per heavy atom. The summed E-state index contributed by atoms with van der Waals surface area (Å²) in [6.07, 6.45) is 3.55. The van der Waals surface area contributed by atoms with Crippen molar-refractivity contribution >= 4 is 23.6 Å². The molecule has 0 saturated carbocycles. The number of carbonyl (C=O) groups is 2. The molecule has 0 bridgehead atoms. The summed E-state index contributed by atoms with van der Waals surface area (Å²) < 4.78 is 0. The Balaban J connectivity index is 1.85. The lowest BCUT2D eigenvalue weighted by Crippen LogP contribution is -2.50. The van der Waals surface area contributed by atoms with Crippen LogP contribution in [0.4, 0.5) is 0 Å². The van der Waals surface area contributed by atoms with Gasteiger partial charge in [0.1, 0.15) is 6.04 Å². The van der Waals surface area contributed by atoms with Crippen LogP contribution in [0.25, 0.3) is 0 Å². The van der Waals surface area contributed by atoms with Crippen LogP contribution in [-0.2, 0) is 9.59 Å². The van der Waals surface area contributed by atoms with Gasteiger partial charge in [0, 0.05) is 18.7 Å². The van der Waals surface area contributed by atoms with E-state index in [-0.39, 0.29) is 23.3 Å². The molecule has 0 spiro atoms. The van der Waals surface area contributed by atoms with Gasteiger partial charge >= 0.3 is 0 Å². The highest BCUT2D eigenvalue weighted by atomic mass is 32.2. The predicted molar refractivity (Wildman–Crippen MR) is 86.1 cm³/mol. The van der Waals surface area contributed by atoms with Gasteiger partial charge in [-0.2, -0.15) is 0 Å². The van der Waals surface area contributed by atoms with E-state index < -0.39 is 0 Å². The van der Waals surface area contributed by atoms with Crippen LogP contribution in [-0.4, -0.2) is 54.0 Å². The molecule has 1 atom stereocenters. The van der Waals surface area contributed by atoms with Crippen molar-refractivity contribution in [1.82, 2.24) is 15.5 Å². The van der Waals surface area contributed by atoms with Crippen LogP contribution in [0, 0.1) is 5.41 Å². The normalized spacial score (nSPS) is 24.9. The minimum absolute atomic E-state index is 0.0178. The van der Waals surface area contributed by atoms with E-state index in [0.29, 0.717) is 18.8 Å². The van der Waals surface area contributed by atoms with Crippen molar-refractivity contribution in [2.24, 2.45) is 5.41 Å². The maximum atomic E-state index is 12.4. The van der Waals surface area contributed by atoms with Gasteiger partial charge in [-0.3, -0.25) is 9.59 Å². The second-order valence-electron chi connectivity index (χ2n) is 6.41. The third kappa shape index (κ3) is 4.36. The van der Waals surface area contributed by atoms with E-state index in [0.717, 1.165) is 38.1 Å². The number of carbonyl (C=O) groups excluding carboxylic acids is 2. The molecule has 0 aliphatic carbocycles. The average Bonchev–Trinajstić information content (AvgIpc) is 2.95. The Kier molecular flexibility index (Phi) is 5.93. The first kappa shape index (κ1) is 16.6. The van der Waals surface area contributed by atoms with Crippen LogP contribution in [0.5, 0.6) is 0 Å². The second-order valence-corrected chi connectivity index (χ2v) is 7.41. The van der Waals surface area contributed by atoms with Gasteiger partial charge in [-0.15, -0.1) is 11.8 Å². The molecule has 0 aromatic rings. The van der Waals surface area contributed by atoms with Gasteiger partial charge in [-0.1, -0.05) is 13.8 Å². The molecule has 0 radical (unpaired) electrons. The van der Waals surface area contributed by atoms with E-state index in [1.165, 1.54) is 0 Å². The molecule has 1 unspecified atom stereocenters. The molecular formula is C15H27N3O2S. The third-order valence-electron chi connectivity index (χ3n) is 4.47. The number of thioether (sulfide) groups is 1. The lowest BCUT2D eigenvalue weighted by molar-refractivity contribution is -0.138. The van der Waals surface area contributed by atoms with Crippen molar-refractivity contribution in [2.75, 3.05) is 31.3 Å². The van der Waals surface area contributed by atoms with Gasteiger partial charge in [0.25, 0.3) is 0 Å². The van der Waals surface area contributed by atoms with Crippen molar-refractivity contribution in [3.05, 3.63) is 0 Å². The molecule has 120 valence electrons. The monoisotopic (exact) mass is 313 g/mol. The zero-order valence-electron chi connectivity index (χ0n) is 13.1. The Bertz CT molecular complexity index is 383. The van der Waals surface area contributed by atoms with E-state index in [1.54, 1.807) is 16.7 Å². The summed E-state index contributed by atoms with van der Waals surface area (Å²) in [5, 5.41) is 6.44. The lowest BCUT2D eigenvalue weighted by atomic mass is 9.81. The maximum Gasteiger partial charge on any atom is 0.243 e. The minimum Gasteiger partial charge on any atom is -0.354 e. The molecule has 6 heteroatoms. The number of piperidine rings is 1. The highest BCUT2D eigenvalue weighted by Gasteiger charge is 2.35. The van der Waals surface area contributed by atoms with Crippen molar-refractivity contribution < 1.29 is 9.59 Å². The Morgan fingerprint density at radius 1 is 1.38 bits per heavy atom. The zero-order chi connectivity index (χ0) is 15.3. The highest BCUT2D eigenvalue weighted by Crippen LogP contribution is 2.27. The fraction of sp³-hybridized carbons (Fsp3) is 0.867. The molecule has 2 fully saturated rings. The van der Waals surface area contributed by atoms with Crippen LogP contribution in [0.3, 0.4) is 0 Å². The topological polar surface area (TPSA) is 61.4 Å². The van der Waals surface area contributed by atoms with Gasteiger partial charge in [0.2, 0.25) is 11.8 Å². The smallest absolute Gasteiger partial charge is 0.243 e. The molecule has 2 N–H and O–H groups in total. The average molecular weight is 313 g/mol. The molecule has 0 aromatic carbocycles. The summed E-state index contributed by atoms with van der Waals surface area (Å²) >= 11 is 1.67. The van der Waals surface area contributed by atoms with Crippen LogP contribution in [0.1, 0.15) is 39.5 Å². The SMILES string of the molecule is CCCC(=O)N1CSCC1C(=O)NCC1(C)CCNCC1. The first-order valence-corrected chi connectivity index (χ1v) is 9.07.